The van der Waals surface area contributed by atoms with Crippen molar-refractivity contribution in [2.45, 2.75) is 25.7 Å². The molecule has 1 fully saturated rings. The summed E-state index contributed by atoms with van der Waals surface area (Å²) in [5, 5.41) is 9.18. The van der Waals surface area contributed by atoms with E-state index in [9.17, 15) is 9.90 Å². The third-order valence-corrected chi connectivity index (χ3v) is 5.46. The predicted octanol–water partition coefficient (Wildman–Crippen LogP) is 4.84. The van der Waals surface area contributed by atoms with Gasteiger partial charge < -0.3 is 19.6 Å². The number of likely N-dealkylation sites (tertiary alicyclic amines) is 1. The average Bonchev–Trinajstić information content (AvgIpc) is 2.77. The fourth-order valence-corrected chi connectivity index (χ4v) is 3.88. The number of aliphatic carboxylic acids is 1. The predicted molar refractivity (Wildman–Crippen MR) is 124 cm³/mol. The third kappa shape index (κ3) is 7.63. The Morgan fingerprint density at radius 2 is 1.63 bits per heavy atom. The van der Waals surface area contributed by atoms with Crippen LogP contribution in [0.15, 0.2) is 60.7 Å². The van der Waals surface area contributed by atoms with Gasteiger partial charge in [-0.3, -0.25) is 4.79 Å². The molecule has 0 spiro atoms. The van der Waals surface area contributed by atoms with Gasteiger partial charge in [0.05, 0.1) is 12.5 Å². The Hall–Kier alpha value is -2.08. The second-order valence-electron chi connectivity index (χ2n) is 7.62. The van der Waals surface area contributed by atoms with Crippen molar-refractivity contribution in [2.75, 3.05) is 44.3 Å². The first kappa shape index (κ1) is 24.2. The molecule has 6 heteroatoms. The summed E-state index contributed by atoms with van der Waals surface area (Å²) in [4.78, 5) is 15.7. The van der Waals surface area contributed by atoms with E-state index in [4.69, 9.17) is 4.74 Å². The molecule has 30 heavy (non-hydrogen) atoms. The van der Waals surface area contributed by atoms with E-state index < -0.39 is 5.97 Å². The van der Waals surface area contributed by atoms with Gasteiger partial charge in [0, 0.05) is 31.1 Å². The molecule has 5 nitrogen and oxygen atoms in total. The zero-order valence-electron chi connectivity index (χ0n) is 17.5. The van der Waals surface area contributed by atoms with Crippen LogP contribution in [0.25, 0.3) is 0 Å². The Kier molecular flexibility index (Phi) is 10.7. The van der Waals surface area contributed by atoms with E-state index in [1.54, 1.807) is 0 Å². The summed E-state index contributed by atoms with van der Waals surface area (Å²) in [7, 11) is 0. The number of carboxylic acids is 1. The number of carbonyl (C=O) groups is 1. The minimum absolute atomic E-state index is 0. The molecule has 164 valence electrons. The molecule has 2 aromatic carbocycles. The summed E-state index contributed by atoms with van der Waals surface area (Å²) in [5.41, 5.74) is 2.33. The molecule has 1 saturated heterocycles. The topological polar surface area (TPSA) is 53.0 Å². The van der Waals surface area contributed by atoms with Crippen LogP contribution < -0.4 is 4.90 Å². The van der Waals surface area contributed by atoms with Crippen molar-refractivity contribution in [1.82, 2.24) is 4.90 Å². The Bertz CT molecular complexity index is 690. The molecule has 1 atom stereocenters. The minimum atomic E-state index is -0.653. The number of hydrogen-bond acceptors (Lipinski definition) is 4. The Labute approximate surface area is 186 Å². The number of carboxylic acid groups (broad SMARTS) is 1. The molecule has 1 N–H and O–H groups in total. The van der Waals surface area contributed by atoms with Crippen molar-refractivity contribution in [3.05, 3.63) is 60.7 Å². The first-order chi connectivity index (χ1) is 14.2. The van der Waals surface area contributed by atoms with Crippen LogP contribution in [0.2, 0.25) is 0 Å². The number of ether oxygens (including phenoxy) is 1. The lowest BCUT2D eigenvalue weighted by Crippen LogP contribution is -2.39. The summed E-state index contributed by atoms with van der Waals surface area (Å²) < 4.78 is 5.90. The second-order valence-corrected chi connectivity index (χ2v) is 7.62. The van der Waals surface area contributed by atoms with Crippen molar-refractivity contribution in [2.24, 2.45) is 5.92 Å². The van der Waals surface area contributed by atoms with E-state index in [-0.39, 0.29) is 18.3 Å². The molecular weight excluding hydrogens is 400 g/mol. The van der Waals surface area contributed by atoms with Gasteiger partial charge in [0.15, 0.2) is 0 Å². The zero-order chi connectivity index (χ0) is 20.3. The molecule has 0 aliphatic carbocycles. The monoisotopic (exact) mass is 432 g/mol. The summed E-state index contributed by atoms with van der Waals surface area (Å²) in [5.74, 6) is -0.846. The molecule has 3 rings (SSSR count). The first-order valence-electron chi connectivity index (χ1n) is 10.6. The molecule has 1 unspecified atom stereocenters. The highest BCUT2D eigenvalue weighted by Crippen LogP contribution is 2.24. The minimum Gasteiger partial charge on any atom is -0.481 e. The molecule has 0 radical (unpaired) electrons. The molecule has 2 aromatic rings. The highest BCUT2D eigenvalue weighted by atomic mass is 35.5. The van der Waals surface area contributed by atoms with Gasteiger partial charge in [0.25, 0.3) is 0 Å². The van der Waals surface area contributed by atoms with Gasteiger partial charge in [-0.05, 0) is 63.0 Å². The van der Waals surface area contributed by atoms with Crippen LogP contribution in [0.4, 0.5) is 11.4 Å². The number of hydrogen-bond donors (Lipinski definition) is 1. The average molecular weight is 433 g/mol. The van der Waals surface area contributed by atoms with E-state index in [2.05, 4.69) is 58.3 Å². The normalized spacial score (nSPS) is 16.6. The van der Waals surface area contributed by atoms with Gasteiger partial charge in [-0.25, -0.2) is 0 Å². The van der Waals surface area contributed by atoms with Crippen molar-refractivity contribution in [3.8, 4) is 0 Å². The van der Waals surface area contributed by atoms with E-state index in [0.29, 0.717) is 13.2 Å². The highest BCUT2D eigenvalue weighted by Gasteiger charge is 2.24. The SMILES string of the molecule is Cl.O=C(O)C1CCCN(CCCCOCCN(c2ccccc2)c2ccccc2)C1. The maximum atomic E-state index is 11.2. The largest absolute Gasteiger partial charge is 0.481 e. The highest BCUT2D eigenvalue weighted by molar-refractivity contribution is 5.85. The van der Waals surface area contributed by atoms with Crippen molar-refractivity contribution in [3.63, 3.8) is 0 Å². The number of anilines is 2. The lowest BCUT2D eigenvalue weighted by atomic mass is 9.98. The standard InChI is InChI=1S/C24H32N2O3.ClH/c27-24(28)21-10-9-16-25(20-21)15-7-8-18-29-19-17-26(22-11-3-1-4-12-22)23-13-5-2-6-14-23;/h1-6,11-14,21H,7-10,15-20H2,(H,27,28);1H. The van der Waals surface area contributed by atoms with E-state index in [1.165, 1.54) is 11.4 Å². The quantitative estimate of drug-likeness (QED) is 0.515. The fourth-order valence-electron chi connectivity index (χ4n) is 3.88. The van der Waals surface area contributed by atoms with Crippen LogP contribution in [-0.2, 0) is 9.53 Å². The maximum Gasteiger partial charge on any atom is 0.307 e. The van der Waals surface area contributed by atoms with Crippen LogP contribution in [0.3, 0.4) is 0 Å². The summed E-state index contributed by atoms with van der Waals surface area (Å²) in [6.45, 7) is 4.91. The Balaban J connectivity index is 0.00000320. The number of nitrogens with zero attached hydrogens (tertiary/aromatic N) is 2. The van der Waals surface area contributed by atoms with Crippen LogP contribution in [0, 0.1) is 5.92 Å². The van der Waals surface area contributed by atoms with Crippen LogP contribution >= 0.6 is 12.4 Å². The molecule has 1 aliphatic rings. The molecule has 0 aromatic heterocycles. The smallest absolute Gasteiger partial charge is 0.307 e. The van der Waals surface area contributed by atoms with Gasteiger partial charge in [-0.1, -0.05) is 36.4 Å². The fraction of sp³-hybridized carbons (Fsp3) is 0.458. The molecular formula is C24H33ClN2O3. The van der Waals surface area contributed by atoms with E-state index >= 15 is 0 Å². The number of para-hydroxylation sites is 2. The molecule has 0 amide bonds. The van der Waals surface area contributed by atoms with E-state index in [1.807, 2.05) is 12.1 Å². The number of piperidine rings is 1. The van der Waals surface area contributed by atoms with Crippen LogP contribution in [-0.4, -0.2) is 55.4 Å². The number of halogens is 1. The lowest BCUT2D eigenvalue weighted by molar-refractivity contribution is -0.143. The van der Waals surface area contributed by atoms with Gasteiger partial charge in [-0.2, -0.15) is 0 Å². The second kappa shape index (κ2) is 13.3. The Morgan fingerprint density at radius 3 is 2.23 bits per heavy atom. The Morgan fingerprint density at radius 1 is 1.00 bits per heavy atom. The van der Waals surface area contributed by atoms with Gasteiger partial charge in [-0.15, -0.1) is 12.4 Å². The number of unbranched alkanes of at least 4 members (excludes halogenated alkanes) is 1. The summed E-state index contributed by atoms with van der Waals surface area (Å²) in [6, 6.07) is 20.8. The molecule has 1 heterocycles. The molecule has 0 saturated carbocycles. The first-order valence-corrected chi connectivity index (χ1v) is 10.6. The summed E-state index contributed by atoms with van der Waals surface area (Å²) in [6.07, 6.45) is 3.86. The maximum absolute atomic E-state index is 11.2. The van der Waals surface area contributed by atoms with Crippen molar-refractivity contribution >= 4 is 29.8 Å². The number of benzene rings is 2. The summed E-state index contributed by atoms with van der Waals surface area (Å²) >= 11 is 0. The number of rotatable bonds is 11. The third-order valence-electron chi connectivity index (χ3n) is 5.46. The zero-order valence-corrected chi connectivity index (χ0v) is 18.3. The molecule has 1 aliphatic heterocycles. The van der Waals surface area contributed by atoms with Gasteiger partial charge >= 0.3 is 5.97 Å². The van der Waals surface area contributed by atoms with Gasteiger partial charge in [0.2, 0.25) is 0 Å². The van der Waals surface area contributed by atoms with E-state index in [0.717, 1.165) is 51.9 Å². The van der Waals surface area contributed by atoms with Gasteiger partial charge in [0.1, 0.15) is 0 Å². The van der Waals surface area contributed by atoms with Crippen molar-refractivity contribution < 1.29 is 14.6 Å². The van der Waals surface area contributed by atoms with Crippen molar-refractivity contribution in [1.29, 1.82) is 0 Å². The van der Waals surface area contributed by atoms with Crippen LogP contribution in [0.1, 0.15) is 25.7 Å². The lowest BCUT2D eigenvalue weighted by Gasteiger charge is -2.30. The molecule has 0 bridgehead atoms. The van der Waals surface area contributed by atoms with Crippen LogP contribution in [0.5, 0.6) is 0 Å².